The highest BCUT2D eigenvalue weighted by molar-refractivity contribution is 6.02. The Balaban J connectivity index is 1.02. The summed E-state index contributed by atoms with van der Waals surface area (Å²) in [6.45, 7) is 0. The highest BCUT2D eigenvalue weighted by atomic mass is 16.6. The fourth-order valence-electron chi connectivity index (χ4n) is 4.40. The number of ether oxygens (including phenoxy) is 3. The standard InChI is InChI=1S/C42H26O5/c43-41(35-21-25-37(26-22-35)45-39-15-7-13-33(29-39)19-17-31-9-3-1-4-10-31)47-42(44)36-23-27-38(28-24-36)46-40-16-8-14-34(30-40)20-18-32-11-5-2-6-12-32/h1-16,21-30H. The van der Waals surface area contributed by atoms with Gasteiger partial charge in [0.25, 0.3) is 0 Å². The maximum Gasteiger partial charge on any atom is 0.346 e. The van der Waals surface area contributed by atoms with Crippen LogP contribution >= 0.6 is 0 Å². The molecule has 0 saturated heterocycles. The second kappa shape index (κ2) is 14.8. The second-order valence-electron chi connectivity index (χ2n) is 10.2. The molecule has 0 atom stereocenters. The first-order chi connectivity index (χ1) is 23.1. The Kier molecular flexibility index (Phi) is 9.50. The predicted molar refractivity (Wildman–Crippen MR) is 181 cm³/mol. The van der Waals surface area contributed by atoms with Crippen molar-refractivity contribution in [3.8, 4) is 46.7 Å². The minimum absolute atomic E-state index is 0.211. The maximum atomic E-state index is 12.7. The summed E-state index contributed by atoms with van der Waals surface area (Å²) in [5, 5.41) is 0. The Morgan fingerprint density at radius 3 is 1.13 bits per heavy atom. The molecule has 0 saturated carbocycles. The molecule has 0 fully saturated rings. The summed E-state index contributed by atoms with van der Waals surface area (Å²) in [5.41, 5.74) is 3.89. The molecular formula is C42H26O5. The van der Waals surface area contributed by atoms with Crippen LogP contribution in [0.25, 0.3) is 0 Å². The topological polar surface area (TPSA) is 61.8 Å². The van der Waals surface area contributed by atoms with Gasteiger partial charge < -0.3 is 14.2 Å². The van der Waals surface area contributed by atoms with Crippen molar-refractivity contribution in [3.63, 3.8) is 0 Å². The molecule has 47 heavy (non-hydrogen) atoms. The van der Waals surface area contributed by atoms with Crippen LogP contribution in [-0.4, -0.2) is 11.9 Å². The molecule has 0 amide bonds. The Morgan fingerprint density at radius 1 is 0.362 bits per heavy atom. The van der Waals surface area contributed by atoms with Crippen molar-refractivity contribution in [2.45, 2.75) is 0 Å². The fraction of sp³-hybridized carbons (Fsp3) is 0. The lowest BCUT2D eigenvalue weighted by Crippen LogP contribution is -2.12. The largest absolute Gasteiger partial charge is 0.457 e. The zero-order valence-electron chi connectivity index (χ0n) is 25.1. The van der Waals surface area contributed by atoms with Crippen molar-refractivity contribution < 1.29 is 23.8 Å². The number of benzene rings is 6. The van der Waals surface area contributed by atoms with E-state index in [1.165, 1.54) is 0 Å². The molecule has 0 aliphatic rings. The third kappa shape index (κ3) is 8.64. The minimum Gasteiger partial charge on any atom is -0.457 e. The van der Waals surface area contributed by atoms with E-state index in [0.717, 1.165) is 22.3 Å². The normalized spacial score (nSPS) is 9.96. The van der Waals surface area contributed by atoms with Crippen LogP contribution in [-0.2, 0) is 4.74 Å². The summed E-state index contributed by atoms with van der Waals surface area (Å²) < 4.78 is 17.0. The van der Waals surface area contributed by atoms with Gasteiger partial charge in [0.1, 0.15) is 23.0 Å². The van der Waals surface area contributed by atoms with E-state index >= 15 is 0 Å². The van der Waals surface area contributed by atoms with Crippen molar-refractivity contribution in [1.29, 1.82) is 0 Å². The quantitative estimate of drug-likeness (QED) is 0.107. The molecule has 5 heteroatoms. The van der Waals surface area contributed by atoms with Gasteiger partial charge in [0.2, 0.25) is 0 Å². The monoisotopic (exact) mass is 610 g/mol. The van der Waals surface area contributed by atoms with Gasteiger partial charge in [-0.15, -0.1) is 0 Å². The van der Waals surface area contributed by atoms with E-state index in [9.17, 15) is 9.59 Å². The second-order valence-corrected chi connectivity index (χ2v) is 10.2. The Bertz CT molecular complexity index is 1970. The molecular weight excluding hydrogens is 584 g/mol. The Morgan fingerprint density at radius 2 is 0.723 bits per heavy atom. The molecule has 0 N–H and O–H groups in total. The fourth-order valence-corrected chi connectivity index (χ4v) is 4.40. The zero-order valence-corrected chi connectivity index (χ0v) is 25.1. The maximum absolute atomic E-state index is 12.7. The summed E-state index contributed by atoms with van der Waals surface area (Å²) >= 11 is 0. The Hall–Kier alpha value is -6.82. The van der Waals surface area contributed by atoms with E-state index in [-0.39, 0.29) is 11.1 Å². The number of hydrogen-bond acceptors (Lipinski definition) is 5. The van der Waals surface area contributed by atoms with Gasteiger partial charge >= 0.3 is 11.9 Å². The number of hydrogen-bond donors (Lipinski definition) is 0. The first kappa shape index (κ1) is 30.2. The van der Waals surface area contributed by atoms with Crippen LogP contribution < -0.4 is 9.47 Å². The van der Waals surface area contributed by atoms with Crippen molar-refractivity contribution in [2.75, 3.05) is 0 Å². The van der Waals surface area contributed by atoms with Crippen LogP contribution in [0.3, 0.4) is 0 Å². The van der Waals surface area contributed by atoms with E-state index < -0.39 is 11.9 Å². The lowest BCUT2D eigenvalue weighted by Gasteiger charge is -2.08. The molecule has 0 radical (unpaired) electrons. The van der Waals surface area contributed by atoms with Crippen LogP contribution in [0, 0.1) is 23.7 Å². The van der Waals surface area contributed by atoms with Gasteiger partial charge in [0.05, 0.1) is 11.1 Å². The molecule has 5 nitrogen and oxygen atoms in total. The number of esters is 2. The summed E-state index contributed by atoms with van der Waals surface area (Å²) in [6, 6.07) is 47.0. The van der Waals surface area contributed by atoms with Gasteiger partial charge in [-0.25, -0.2) is 9.59 Å². The van der Waals surface area contributed by atoms with Crippen LogP contribution in [0.2, 0.25) is 0 Å². The van der Waals surface area contributed by atoms with Crippen LogP contribution in [0.15, 0.2) is 158 Å². The van der Waals surface area contributed by atoms with E-state index in [1.54, 1.807) is 48.5 Å². The van der Waals surface area contributed by atoms with E-state index in [0.29, 0.717) is 23.0 Å². The molecule has 224 valence electrons. The molecule has 0 aliphatic heterocycles. The lowest BCUT2D eigenvalue weighted by atomic mass is 10.1. The third-order valence-electron chi connectivity index (χ3n) is 6.75. The zero-order chi connectivity index (χ0) is 32.3. The molecule has 6 rings (SSSR count). The first-order valence-corrected chi connectivity index (χ1v) is 14.7. The number of carbonyl (C=O) groups is 2. The molecule has 0 aliphatic carbocycles. The SMILES string of the molecule is O=C(OC(=O)c1ccc(Oc2cccc(C#Cc3ccccc3)c2)cc1)c1ccc(Oc2cccc(C#Cc3ccccc3)c2)cc1. The molecule has 0 spiro atoms. The summed E-state index contributed by atoms with van der Waals surface area (Å²) in [7, 11) is 0. The van der Waals surface area contributed by atoms with Crippen molar-refractivity contribution in [2.24, 2.45) is 0 Å². The van der Waals surface area contributed by atoms with Crippen LogP contribution in [0.4, 0.5) is 0 Å². The van der Waals surface area contributed by atoms with E-state index in [1.807, 2.05) is 109 Å². The molecule has 0 unspecified atom stereocenters. The van der Waals surface area contributed by atoms with Crippen molar-refractivity contribution >= 4 is 11.9 Å². The summed E-state index contributed by atoms with van der Waals surface area (Å²) in [4.78, 5) is 25.4. The highest BCUT2D eigenvalue weighted by Crippen LogP contribution is 2.25. The molecule has 0 bridgehead atoms. The van der Waals surface area contributed by atoms with Gasteiger partial charge in [0.15, 0.2) is 0 Å². The number of carbonyl (C=O) groups excluding carboxylic acids is 2. The van der Waals surface area contributed by atoms with Gasteiger partial charge in [-0.05, 0) is 109 Å². The predicted octanol–water partition coefficient (Wildman–Crippen LogP) is 9.07. The van der Waals surface area contributed by atoms with E-state index in [2.05, 4.69) is 23.7 Å². The van der Waals surface area contributed by atoms with Crippen LogP contribution in [0.5, 0.6) is 23.0 Å². The van der Waals surface area contributed by atoms with Crippen LogP contribution in [0.1, 0.15) is 43.0 Å². The molecule has 6 aromatic rings. The highest BCUT2D eigenvalue weighted by Gasteiger charge is 2.15. The van der Waals surface area contributed by atoms with Gasteiger partial charge in [0, 0.05) is 22.3 Å². The van der Waals surface area contributed by atoms with Gasteiger partial charge in [-0.1, -0.05) is 72.2 Å². The average Bonchev–Trinajstić information content (AvgIpc) is 3.12. The number of rotatable bonds is 6. The summed E-state index contributed by atoms with van der Waals surface area (Å²) in [5.74, 6) is 13.2. The van der Waals surface area contributed by atoms with E-state index in [4.69, 9.17) is 14.2 Å². The summed E-state index contributed by atoms with van der Waals surface area (Å²) in [6.07, 6.45) is 0. The Labute approximate surface area is 273 Å². The van der Waals surface area contributed by atoms with Crippen molar-refractivity contribution in [3.05, 3.63) is 191 Å². The smallest absolute Gasteiger partial charge is 0.346 e. The third-order valence-corrected chi connectivity index (χ3v) is 6.75. The van der Waals surface area contributed by atoms with Crippen molar-refractivity contribution in [1.82, 2.24) is 0 Å². The molecule has 0 heterocycles. The van der Waals surface area contributed by atoms with Gasteiger partial charge in [-0.3, -0.25) is 0 Å². The first-order valence-electron chi connectivity index (χ1n) is 14.7. The molecule has 6 aromatic carbocycles. The minimum atomic E-state index is -0.770. The average molecular weight is 611 g/mol. The lowest BCUT2D eigenvalue weighted by molar-refractivity contribution is 0.0398. The molecule has 0 aromatic heterocycles. The van der Waals surface area contributed by atoms with Gasteiger partial charge in [-0.2, -0.15) is 0 Å².